The van der Waals surface area contributed by atoms with Crippen LogP contribution in [-0.2, 0) is 0 Å². The van der Waals surface area contributed by atoms with E-state index in [0.29, 0.717) is 12.5 Å². The van der Waals surface area contributed by atoms with Gasteiger partial charge in [0.05, 0.1) is 11.0 Å². The van der Waals surface area contributed by atoms with Crippen LogP contribution in [0.15, 0.2) is 11.4 Å². The molecule has 1 aromatic heterocycles. The van der Waals surface area contributed by atoms with Crippen LogP contribution < -0.4 is 4.90 Å². The van der Waals surface area contributed by atoms with Crippen molar-refractivity contribution in [2.24, 2.45) is 5.92 Å². The summed E-state index contributed by atoms with van der Waals surface area (Å²) in [6.45, 7) is 3.79. The molecule has 0 saturated carbocycles. The highest BCUT2D eigenvalue weighted by Gasteiger charge is 2.23. The number of rotatable bonds is 2. The Morgan fingerprint density at radius 2 is 2.40 bits per heavy atom. The number of hydrogen-bond acceptors (Lipinski definition) is 4. The molecule has 1 aliphatic heterocycles. The molecule has 1 saturated heterocycles. The Morgan fingerprint density at radius 1 is 1.60 bits per heavy atom. The van der Waals surface area contributed by atoms with E-state index in [1.807, 2.05) is 11.4 Å². The molecule has 0 bridgehead atoms. The molecule has 2 heterocycles. The molecule has 2 rings (SSSR count). The third-order valence-corrected chi connectivity index (χ3v) is 3.57. The van der Waals surface area contributed by atoms with Crippen molar-refractivity contribution in [2.75, 3.05) is 18.0 Å². The van der Waals surface area contributed by atoms with Gasteiger partial charge >= 0.3 is 0 Å². The molecule has 3 nitrogen and oxygen atoms in total. The van der Waals surface area contributed by atoms with Crippen molar-refractivity contribution in [2.45, 2.75) is 19.4 Å². The molecule has 1 N–H and O–H groups in total. The molecule has 0 radical (unpaired) electrons. The number of carbonyl (C=O) groups is 1. The van der Waals surface area contributed by atoms with Gasteiger partial charge in [0.2, 0.25) is 0 Å². The average molecular weight is 225 g/mol. The normalized spacial score (nSPS) is 26.7. The lowest BCUT2D eigenvalue weighted by Crippen LogP contribution is -2.42. The molecule has 0 spiro atoms. The lowest BCUT2D eigenvalue weighted by atomic mass is 9.98. The van der Waals surface area contributed by atoms with Gasteiger partial charge in [-0.3, -0.25) is 4.79 Å². The van der Waals surface area contributed by atoms with Crippen LogP contribution in [0.1, 0.15) is 23.0 Å². The summed E-state index contributed by atoms with van der Waals surface area (Å²) in [4.78, 5) is 13.5. The monoisotopic (exact) mass is 225 g/mol. The molecular weight excluding hydrogens is 210 g/mol. The van der Waals surface area contributed by atoms with E-state index in [0.717, 1.165) is 29.8 Å². The summed E-state index contributed by atoms with van der Waals surface area (Å²) < 4.78 is 0. The molecule has 82 valence electrons. The number of nitrogens with zero attached hydrogens (tertiary/aromatic N) is 1. The number of hydrogen-bond donors (Lipinski definition) is 1. The Hall–Kier alpha value is -0.870. The van der Waals surface area contributed by atoms with Gasteiger partial charge in [0.25, 0.3) is 0 Å². The standard InChI is InChI=1S/C11H15NO2S/c1-8-2-10(14)5-12(4-8)9-3-11(6-13)15-7-9/h3,6-8,10,14H,2,4-5H2,1H3. The minimum atomic E-state index is -0.242. The third-order valence-electron chi connectivity index (χ3n) is 2.72. The lowest BCUT2D eigenvalue weighted by molar-refractivity contribution is 0.112. The van der Waals surface area contributed by atoms with Crippen LogP contribution in [0.4, 0.5) is 5.69 Å². The first-order valence-corrected chi connectivity index (χ1v) is 6.03. The average Bonchev–Trinajstić information content (AvgIpc) is 2.64. The second-order valence-electron chi connectivity index (χ2n) is 4.22. The van der Waals surface area contributed by atoms with E-state index in [2.05, 4.69) is 11.8 Å². The van der Waals surface area contributed by atoms with Gasteiger partial charge in [0, 0.05) is 24.2 Å². The largest absolute Gasteiger partial charge is 0.391 e. The Bertz CT molecular complexity index is 340. The maximum atomic E-state index is 10.6. The van der Waals surface area contributed by atoms with Crippen molar-refractivity contribution >= 4 is 23.3 Å². The van der Waals surface area contributed by atoms with E-state index in [9.17, 15) is 9.90 Å². The van der Waals surface area contributed by atoms with Crippen LogP contribution in [0.5, 0.6) is 0 Å². The van der Waals surface area contributed by atoms with Crippen molar-refractivity contribution in [1.29, 1.82) is 0 Å². The molecule has 2 unspecified atom stereocenters. The van der Waals surface area contributed by atoms with Crippen LogP contribution >= 0.6 is 11.3 Å². The van der Waals surface area contributed by atoms with Crippen LogP contribution in [0.3, 0.4) is 0 Å². The number of anilines is 1. The van der Waals surface area contributed by atoms with E-state index in [4.69, 9.17) is 0 Å². The first kappa shape index (κ1) is 10.6. The highest BCUT2D eigenvalue weighted by Crippen LogP contribution is 2.26. The summed E-state index contributed by atoms with van der Waals surface area (Å²) in [5.74, 6) is 0.508. The Kier molecular flexibility index (Phi) is 3.07. The smallest absolute Gasteiger partial charge is 0.160 e. The number of carbonyl (C=O) groups excluding carboxylic acids is 1. The van der Waals surface area contributed by atoms with Crippen molar-refractivity contribution in [3.63, 3.8) is 0 Å². The molecule has 1 aliphatic rings. The molecule has 0 amide bonds. The first-order valence-electron chi connectivity index (χ1n) is 5.15. The summed E-state index contributed by atoms with van der Waals surface area (Å²) in [5, 5.41) is 11.6. The molecule has 15 heavy (non-hydrogen) atoms. The van der Waals surface area contributed by atoms with Gasteiger partial charge in [0.15, 0.2) is 6.29 Å². The summed E-state index contributed by atoms with van der Waals surface area (Å²) >= 11 is 1.45. The highest BCUT2D eigenvalue weighted by atomic mass is 32.1. The SMILES string of the molecule is CC1CC(O)CN(c2csc(C=O)c2)C1. The second-order valence-corrected chi connectivity index (χ2v) is 5.17. The number of aliphatic hydroxyl groups is 1. The van der Waals surface area contributed by atoms with Gasteiger partial charge in [-0.2, -0.15) is 0 Å². The number of thiophene rings is 1. The van der Waals surface area contributed by atoms with Crippen molar-refractivity contribution in [1.82, 2.24) is 0 Å². The van der Waals surface area contributed by atoms with Crippen molar-refractivity contribution in [3.05, 3.63) is 16.3 Å². The summed E-state index contributed by atoms with van der Waals surface area (Å²) in [5.41, 5.74) is 1.06. The van der Waals surface area contributed by atoms with Gasteiger partial charge in [0.1, 0.15) is 0 Å². The van der Waals surface area contributed by atoms with Gasteiger partial charge in [-0.15, -0.1) is 11.3 Å². The zero-order valence-corrected chi connectivity index (χ0v) is 9.54. The predicted octanol–water partition coefficient (Wildman–Crippen LogP) is 1.77. The first-order chi connectivity index (χ1) is 7.19. The van der Waals surface area contributed by atoms with E-state index < -0.39 is 0 Å². The third kappa shape index (κ3) is 2.38. The van der Waals surface area contributed by atoms with Crippen LogP contribution in [0, 0.1) is 5.92 Å². The lowest BCUT2D eigenvalue weighted by Gasteiger charge is -2.35. The Labute approximate surface area is 93.3 Å². The number of β-amino-alcohol motifs (C(OH)–C–C–N with tert-alkyl or cyclic N) is 1. The van der Waals surface area contributed by atoms with E-state index in [-0.39, 0.29) is 6.10 Å². The number of aldehydes is 1. The minimum Gasteiger partial charge on any atom is -0.391 e. The topological polar surface area (TPSA) is 40.5 Å². The summed E-state index contributed by atoms with van der Waals surface area (Å²) in [7, 11) is 0. The second kappa shape index (κ2) is 4.33. The number of piperidine rings is 1. The van der Waals surface area contributed by atoms with E-state index in [1.165, 1.54) is 11.3 Å². The van der Waals surface area contributed by atoms with Crippen LogP contribution in [0.2, 0.25) is 0 Å². The molecular formula is C11H15NO2S. The highest BCUT2D eigenvalue weighted by molar-refractivity contribution is 7.12. The molecule has 4 heteroatoms. The molecule has 1 aromatic rings. The Balaban J connectivity index is 2.12. The maximum absolute atomic E-state index is 10.6. The fourth-order valence-corrected chi connectivity index (χ4v) is 2.82. The van der Waals surface area contributed by atoms with Gasteiger partial charge in [-0.1, -0.05) is 6.92 Å². The van der Waals surface area contributed by atoms with Crippen molar-refractivity contribution < 1.29 is 9.90 Å². The fourth-order valence-electron chi connectivity index (χ4n) is 2.10. The number of aliphatic hydroxyl groups excluding tert-OH is 1. The van der Waals surface area contributed by atoms with Gasteiger partial charge < -0.3 is 10.0 Å². The minimum absolute atomic E-state index is 0.242. The molecule has 0 aromatic carbocycles. The van der Waals surface area contributed by atoms with E-state index in [1.54, 1.807) is 0 Å². The quantitative estimate of drug-likeness (QED) is 0.780. The van der Waals surface area contributed by atoms with Crippen LogP contribution in [-0.4, -0.2) is 30.6 Å². The summed E-state index contributed by atoms with van der Waals surface area (Å²) in [6, 6.07) is 1.89. The predicted molar refractivity (Wildman–Crippen MR) is 61.7 cm³/mol. The van der Waals surface area contributed by atoms with Crippen LogP contribution in [0.25, 0.3) is 0 Å². The molecule has 2 atom stereocenters. The van der Waals surface area contributed by atoms with Crippen molar-refractivity contribution in [3.8, 4) is 0 Å². The molecule has 1 fully saturated rings. The van der Waals surface area contributed by atoms with Gasteiger partial charge in [-0.25, -0.2) is 0 Å². The van der Waals surface area contributed by atoms with Gasteiger partial charge in [-0.05, 0) is 18.4 Å². The maximum Gasteiger partial charge on any atom is 0.160 e. The zero-order chi connectivity index (χ0) is 10.8. The Morgan fingerprint density at radius 3 is 3.00 bits per heavy atom. The van der Waals surface area contributed by atoms with E-state index >= 15 is 0 Å². The summed E-state index contributed by atoms with van der Waals surface area (Å²) in [6.07, 6.45) is 1.51. The fraction of sp³-hybridized carbons (Fsp3) is 0.545. The molecule has 0 aliphatic carbocycles. The zero-order valence-electron chi connectivity index (χ0n) is 8.72.